The van der Waals surface area contributed by atoms with Gasteiger partial charge in [-0.1, -0.05) is 341 Å². The van der Waals surface area contributed by atoms with Gasteiger partial charge in [-0.3, -0.25) is 37.3 Å². The lowest BCUT2D eigenvalue weighted by atomic mass is 10.0. The quantitative estimate of drug-likeness (QED) is 0.0169. The molecule has 0 amide bonds. The summed E-state index contributed by atoms with van der Waals surface area (Å²) in [5.41, 5.74) is 0. The molecule has 0 radical (unpaired) electrons. The number of unbranched alkanes of at least 4 members (excludes halogenated alkanes) is 48. The third-order valence-electron chi connectivity index (χ3n) is 17.7. The SMILES string of the molecule is CCCCCC/C=C\C=C/CCCCCCCC(=O)OC[C@H](COP(=O)(O)OC[C@@H](O)COP(=O)(O)OC[C@@H](COC(=O)CCCCCCCCCC)OC(=O)CCCCCCCCCCCCCCC)OC(=O)CCCCCCCCCCCCCCCCCCCCCCC. The van der Waals surface area contributed by atoms with Gasteiger partial charge in [0.2, 0.25) is 0 Å². The molecule has 572 valence electrons. The molecule has 0 saturated carbocycles. The van der Waals surface area contributed by atoms with E-state index in [1.165, 1.54) is 199 Å². The maximum Gasteiger partial charge on any atom is 0.472 e. The van der Waals surface area contributed by atoms with Gasteiger partial charge in [-0.25, -0.2) is 9.13 Å². The Bertz CT molecular complexity index is 1940. The molecule has 0 aliphatic heterocycles. The average Bonchev–Trinajstić information content (AvgIpc) is 1.03. The van der Waals surface area contributed by atoms with E-state index in [4.69, 9.17) is 37.0 Å². The molecule has 17 nitrogen and oxygen atoms in total. The van der Waals surface area contributed by atoms with Crippen LogP contribution in [-0.2, 0) is 65.4 Å². The zero-order valence-corrected chi connectivity index (χ0v) is 64.3. The topological polar surface area (TPSA) is 237 Å². The van der Waals surface area contributed by atoms with Crippen molar-refractivity contribution >= 4 is 39.5 Å². The van der Waals surface area contributed by atoms with E-state index in [0.29, 0.717) is 25.7 Å². The second kappa shape index (κ2) is 71.9. The van der Waals surface area contributed by atoms with Crippen LogP contribution in [0.1, 0.15) is 394 Å². The first-order valence-electron chi connectivity index (χ1n) is 40.1. The standard InChI is InChI=1S/C78H148O17P2/c1-5-9-13-17-21-25-28-31-33-34-35-36-37-38-40-43-46-49-53-57-61-65-78(83)95-74(69-89-76(81)63-59-55-51-47-44-42-39-32-29-26-22-18-14-10-6-2)71-93-97(86,87)91-67-72(79)66-90-96(84,85)92-70-73(68-88-75(80)62-58-54-50-24-20-16-12-8-4)94-77(82)64-60-56-52-48-45-41-30-27-23-19-15-11-7-3/h26,29,32,39,72-74,79H,5-25,27-28,30-31,33-38,40-71H2,1-4H3,(H,84,85)(H,86,87)/b29-26-,39-32-/t72-,73+,74+/m0/s1. The summed E-state index contributed by atoms with van der Waals surface area (Å²) >= 11 is 0. The highest BCUT2D eigenvalue weighted by atomic mass is 31.2. The fraction of sp³-hybridized carbons (Fsp3) is 0.897. The van der Waals surface area contributed by atoms with E-state index in [9.17, 15) is 43.2 Å². The number of rotatable bonds is 77. The molecule has 0 aromatic heterocycles. The molecule has 0 aromatic rings. The lowest BCUT2D eigenvalue weighted by Gasteiger charge is -2.21. The Labute approximate surface area is 592 Å². The monoisotopic (exact) mass is 1420 g/mol. The number of phosphoric ester groups is 2. The van der Waals surface area contributed by atoms with Crippen molar-refractivity contribution in [3.63, 3.8) is 0 Å². The number of hydrogen-bond acceptors (Lipinski definition) is 15. The second-order valence-electron chi connectivity index (χ2n) is 27.4. The van der Waals surface area contributed by atoms with E-state index in [-0.39, 0.29) is 25.7 Å². The molecule has 5 atom stereocenters. The van der Waals surface area contributed by atoms with Gasteiger partial charge in [0.15, 0.2) is 12.2 Å². The van der Waals surface area contributed by atoms with Gasteiger partial charge in [-0.2, -0.15) is 0 Å². The maximum absolute atomic E-state index is 13.1. The second-order valence-corrected chi connectivity index (χ2v) is 30.3. The molecule has 97 heavy (non-hydrogen) atoms. The number of aliphatic hydroxyl groups excluding tert-OH is 1. The maximum atomic E-state index is 13.1. The minimum atomic E-state index is -4.96. The van der Waals surface area contributed by atoms with Crippen molar-refractivity contribution in [2.45, 2.75) is 412 Å². The number of carbonyl (C=O) groups is 4. The molecule has 0 aromatic carbocycles. The summed E-state index contributed by atoms with van der Waals surface area (Å²) in [5, 5.41) is 10.6. The van der Waals surface area contributed by atoms with Gasteiger partial charge >= 0.3 is 39.5 Å². The minimum Gasteiger partial charge on any atom is -0.462 e. The van der Waals surface area contributed by atoms with Crippen LogP contribution in [0.25, 0.3) is 0 Å². The summed E-state index contributed by atoms with van der Waals surface area (Å²) in [6.45, 7) is 4.91. The van der Waals surface area contributed by atoms with Crippen molar-refractivity contribution in [2.24, 2.45) is 0 Å². The zero-order chi connectivity index (χ0) is 71.1. The van der Waals surface area contributed by atoms with Gasteiger partial charge < -0.3 is 33.8 Å². The number of ether oxygens (including phenoxy) is 4. The minimum absolute atomic E-state index is 0.102. The van der Waals surface area contributed by atoms with Crippen molar-refractivity contribution in [1.29, 1.82) is 0 Å². The van der Waals surface area contributed by atoms with Crippen LogP contribution in [0.5, 0.6) is 0 Å². The van der Waals surface area contributed by atoms with Crippen LogP contribution in [0.3, 0.4) is 0 Å². The van der Waals surface area contributed by atoms with Gasteiger partial charge in [0.25, 0.3) is 0 Å². The van der Waals surface area contributed by atoms with Crippen molar-refractivity contribution in [2.75, 3.05) is 39.6 Å². The van der Waals surface area contributed by atoms with Crippen LogP contribution in [0, 0.1) is 0 Å². The highest BCUT2D eigenvalue weighted by Gasteiger charge is 2.30. The van der Waals surface area contributed by atoms with E-state index in [2.05, 4.69) is 52.0 Å². The van der Waals surface area contributed by atoms with E-state index in [0.717, 1.165) is 116 Å². The number of phosphoric acid groups is 2. The highest BCUT2D eigenvalue weighted by Crippen LogP contribution is 2.45. The normalized spacial score (nSPS) is 14.0. The van der Waals surface area contributed by atoms with Gasteiger partial charge in [-0.05, 0) is 51.4 Å². The highest BCUT2D eigenvalue weighted by molar-refractivity contribution is 7.47. The smallest absolute Gasteiger partial charge is 0.462 e. The largest absolute Gasteiger partial charge is 0.472 e. The zero-order valence-electron chi connectivity index (χ0n) is 62.5. The molecule has 0 rings (SSSR count). The van der Waals surface area contributed by atoms with E-state index < -0.39 is 97.5 Å². The number of esters is 4. The summed E-state index contributed by atoms with van der Waals surface area (Å²) in [7, 11) is -9.92. The van der Waals surface area contributed by atoms with Gasteiger partial charge in [0, 0.05) is 25.7 Å². The molecule has 0 aliphatic carbocycles. The molecule has 2 unspecified atom stereocenters. The molecular formula is C78H148O17P2. The molecule has 0 heterocycles. The number of hydrogen-bond donors (Lipinski definition) is 3. The summed E-state index contributed by atoms with van der Waals surface area (Å²) in [4.78, 5) is 72.7. The fourth-order valence-corrected chi connectivity index (χ4v) is 13.1. The van der Waals surface area contributed by atoms with Crippen LogP contribution >= 0.6 is 15.6 Å². The van der Waals surface area contributed by atoms with E-state index >= 15 is 0 Å². The lowest BCUT2D eigenvalue weighted by molar-refractivity contribution is -0.161. The first-order valence-corrected chi connectivity index (χ1v) is 43.1. The van der Waals surface area contributed by atoms with Crippen molar-refractivity contribution in [3.8, 4) is 0 Å². The first-order chi connectivity index (χ1) is 47.2. The van der Waals surface area contributed by atoms with Crippen LogP contribution in [0.4, 0.5) is 0 Å². The van der Waals surface area contributed by atoms with E-state index in [1.54, 1.807) is 0 Å². The number of aliphatic hydroxyl groups is 1. The number of carbonyl (C=O) groups excluding carboxylic acids is 4. The Kier molecular flexibility index (Phi) is 70.1. The molecular weight excluding hydrogens is 1270 g/mol. The van der Waals surface area contributed by atoms with Gasteiger partial charge in [0.05, 0.1) is 26.4 Å². The number of allylic oxidation sites excluding steroid dienone is 4. The Morgan fingerprint density at radius 2 is 0.495 bits per heavy atom. The molecule has 0 bridgehead atoms. The Morgan fingerprint density at radius 3 is 0.753 bits per heavy atom. The predicted octanol–water partition coefficient (Wildman–Crippen LogP) is 23.0. The lowest BCUT2D eigenvalue weighted by Crippen LogP contribution is -2.30. The summed E-state index contributed by atoms with van der Waals surface area (Å²) in [5.74, 6) is -2.14. The molecule has 19 heteroatoms. The van der Waals surface area contributed by atoms with Crippen molar-refractivity contribution < 1.29 is 80.2 Å². The van der Waals surface area contributed by atoms with Gasteiger partial charge in [-0.15, -0.1) is 0 Å². The fourth-order valence-electron chi connectivity index (χ4n) is 11.6. The Balaban J connectivity index is 5.21. The van der Waals surface area contributed by atoms with Gasteiger partial charge in [0.1, 0.15) is 19.3 Å². The predicted molar refractivity (Wildman–Crippen MR) is 395 cm³/mol. The van der Waals surface area contributed by atoms with Crippen molar-refractivity contribution in [1.82, 2.24) is 0 Å². The summed E-state index contributed by atoms with van der Waals surface area (Å²) in [6, 6.07) is 0. The Hall–Kier alpha value is -2.46. The molecule has 0 aliphatic rings. The first kappa shape index (κ1) is 94.5. The van der Waals surface area contributed by atoms with Crippen LogP contribution in [0.15, 0.2) is 24.3 Å². The third kappa shape index (κ3) is 71.7. The summed E-state index contributed by atoms with van der Waals surface area (Å²) in [6.07, 6.45) is 66.1. The van der Waals surface area contributed by atoms with E-state index in [1.807, 2.05) is 0 Å². The van der Waals surface area contributed by atoms with Crippen LogP contribution in [0.2, 0.25) is 0 Å². The van der Waals surface area contributed by atoms with Crippen LogP contribution in [-0.4, -0.2) is 96.7 Å². The molecule has 0 fully saturated rings. The molecule has 3 N–H and O–H groups in total. The average molecular weight is 1420 g/mol. The van der Waals surface area contributed by atoms with Crippen molar-refractivity contribution in [3.05, 3.63) is 24.3 Å². The van der Waals surface area contributed by atoms with Crippen LogP contribution < -0.4 is 0 Å². The third-order valence-corrected chi connectivity index (χ3v) is 19.6. The molecule has 0 spiro atoms. The Morgan fingerprint density at radius 1 is 0.289 bits per heavy atom. The molecule has 0 saturated heterocycles. The summed E-state index contributed by atoms with van der Waals surface area (Å²) < 4.78 is 68.5.